The van der Waals surface area contributed by atoms with Crippen molar-refractivity contribution in [2.75, 3.05) is 11.6 Å². The molecule has 3 rings (SSSR count). The van der Waals surface area contributed by atoms with Crippen molar-refractivity contribution in [3.8, 4) is 5.69 Å². The van der Waals surface area contributed by atoms with Gasteiger partial charge in [-0.05, 0) is 42.0 Å². The molecule has 3 aromatic rings. The summed E-state index contributed by atoms with van der Waals surface area (Å²) in [5.41, 5.74) is 0.403. The maximum absolute atomic E-state index is 13.2. The molecule has 0 unspecified atom stereocenters. The number of sulfonamides is 1. The monoisotopic (exact) mass is 501 g/mol. The number of hydrogen-bond donors (Lipinski definition) is 3. The average Bonchev–Trinajstić information content (AvgIpc) is 3.16. The van der Waals surface area contributed by atoms with Crippen LogP contribution in [0.25, 0.3) is 5.69 Å². The highest BCUT2D eigenvalue weighted by molar-refractivity contribution is 7.88. The Morgan fingerprint density at radius 2 is 1.79 bits per heavy atom. The van der Waals surface area contributed by atoms with E-state index in [0.717, 1.165) is 17.0 Å². The highest BCUT2D eigenvalue weighted by atomic mass is 35.5. The van der Waals surface area contributed by atoms with Gasteiger partial charge in [-0.25, -0.2) is 22.6 Å². The van der Waals surface area contributed by atoms with Gasteiger partial charge in [-0.1, -0.05) is 29.8 Å². The zero-order valence-electron chi connectivity index (χ0n) is 17.1. The summed E-state index contributed by atoms with van der Waals surface area (Å²) in [5.74, 6) is 0. The van der Waals surface area contributed by atoms with Crippen LogP contribution in [-0.4, -0.2) is 30.5 Å². The molecule has 0 saturated carbocycles. The fourth-order valence-corrected chi connectivity index (χ4v) is 3.40. The summed E-state index contributed by atoms with van der Waals surface area (Å²) in [4.78, 5) is 12.2. The molecular weight excluding hydrogens is 483 g/mol. The Hall–Kier alpha value is -3.09. The maximum atomic E-state index is 13.2. The van der Waals surface area contributed by atoms with E-state index in [-0.39, 0.29) is 18.8 Å². The third-order valence-electron chi connectivity index (χ3n) is 4.31. The Morgan fingerprint density at radius 1 is 1.09 bits per heavy atom. The van der Waals surface area contributed by atoms with Crippen LogP contribution in [0.4, 0.5) is 23.7 Å². The van der Waals surface area contributed by atoms with Gasteiger partial charge in [-0.2, -0.15) is 18.3 Å². The summed E-state index contributed by atoms with van der Waals surface area (Å²) in [5, 5.41) is 8.98. The summed E-state index contributed by atoms with van der Waals surface area (Å²) in [6.07, 6.45) is -3.61. The highest BCUT2D eigenvalue weighted by Crippen LogP contribution is 2.30. The van der Waals surface area contributed by atoms with Gasteiger partial charge in [-0.15, -0.1) is 0 Å². The molecule has 33 heavy (non-hydrogen) atoms. The number of anilines is 1. The van der Waals surface area contributed by atoms with Crippen LogP contribution in [0.2, 0.25) is 5.02 Å². The standard InChI is InChI=1S/C20H19ClF3N5O3S/c1-33(31,32)26-11-13-5-7-15(8-6-13)27-19(30)25-12-17-10-18(20(22,23)24)28-29(17)16-4-2-3-14(21)9-16/h2-10,26H,11-12H2,1H3,(H2,25,27,30). The number of nitrogens with zero attached hydrogens (tertiary/aromatic N) is 2. The lowest BCUT2D eigenvalue weighted by atomic mass is 10.2. The summed E-state index contributed by atoms with van der Waals surface area (Å²) < 4.78 is 65.2. The smallest absolute Gasteiger partial charge is 0.332 e. The number of nitrogens with one attached hydrogen (secondary N) is 3. The molecular formula is C20H19ClF3N5O3S. The lowest BCUT2D eigenvalue weighted by molar-refractivity contribution is -0.141. The molecule has 8 nitrogen and oxygen atoms in total. The van der Waals surface area contributed by atoms with E-state index >= 15 is 0 Å². The summed E-state index contributed by atoms with van der Waals surface area (Å²) in [7, 11) is -3.33. The van der Waals surface area contributed by atoms with Crippen molar-refractivity contribution in [1.82, 2.24) is 19.8 Å². The first kappa shape index (κ1) is 24.6. The van der Waals surface area contributed by atoms with E-state index < -0.39 is 27.9 Å². The quantitative estimate of drug-likeness (QED) is 0.456. The normalized spacial score (nSPS) is 11.9. The van der Waals surface area contributed by atoms with Crippen molar-refractivity contribution in [1.29, 1.82) is 0 Å². The van der Waals surface area contributed by atoms with Gasteiger partial charge in [0, 0.05) is 17.3 Å². The number of hydrogen-bond acceptors (Lipinski definition) is 4. The Labute approximate surface area is 192 Å². The molecule has 176 valence electrons. The second kappa shape index (κ2) is 9.81. The fraction of sp³-hybridized carbons (Fsp3) is 0.200. The van der Waals surface area contributed by atoms with Gasteiger partial charge in [0.05, 0.1) is 24.2 Å². The van der Waals surface area contributed by atoms with Crippen LogP contribution in [0.5, 0.6) is 0 Å². The largest absolute Gasteiger partial charge is 0.435 e. The Morgan fingerprint density at radius 3 is 2.39 bits per heavy atom. The predicted molar refractivity (Wildman–Crippen MR) is 118 cm³/mol. The summed E-state index contributed by atoms with van der Waals surface area (Å²) >= 11 is 5.94. The van der Waals surface area contributed by atoms with Gasteiger partial charge in [0.15, 0.2) is 5.69 Å². The van der Waals surface area contributed by atoms with Gasteiger partial charge in [-0.3, -0.25) is 0 Å². The summed E-state index contributed by atoms with van der Waals surface area (Å²) in [6.45, 7) is -0.141. The van der Waals surface area contributed by atoms with Crippen molar-refractivity contribution >= 4 is 33.3 Å². The number of carbonyl (C=O) groups is 1. The molecule has 2 amide bonds. The highest BCUT2D eigenvalue weighted by Gasteiger charge is 2.35. The number of halogens is 4. The zero-order chi connectivity index (χ0) is 24.2. The van der Waals surface area contributed by atoms with Crippen molar-refractivity contribution < 1.29 is 26.4 Å². The van der Waals surface area contributed by atoms with Gasteiger partial charge < -0.3 is 10.6 Å². The Bertz CT molecular complexity index is 1240. The third kappa shape index (κ3) is 7.20. The van der Waals surface area contributed by atoms with Crippen LogP contribution in [0.3, 0.4) is 0 Å². The van der Waals surface area contributed by atoms with Crippen molar-refractivity contribution in [2.24, 2.45) is 0 Å². The number of benzene rings is 2. The topological polar surface area (TPSA) is 105 Å². The lowest BCUT2D eigenvalue weighted by Gasteiger charge is -2.11. The molecule has 0 atom stereocenters. The van der Waals surface area contributed by atoms with Crippen LogP contribution in [0.1, 0.15) is 17.0 Å². The second-order valence-corrected chi connectivity index (χ2v) is 9.28. The van der Waals surface area contributed by atoms with Crippen LogP contribution in [0, 0.1) is 0 Å². The van der Waals surface area contributed by atoms with E-state index in [4.69, 9.17) is 11.6 Å². The maximum Gasteiger partial charge on any atom is 0.435 e. The van der Waals surface area contributed by atoms with Gasteiger partial charge in [0.2, 0.25) is 10.0 Å². The number of alkyl halides is 3. The average molecular weight is 502 g/mol. The zero-order valence-corrected chi connectivity index (χ0v) is 18.7. The van der Waals surface area contributed by atoms with E-state index in [1.54, 1.807) is 42.5 Å². The van der Waals surface area contributed by atoms with Crippen LogP contribution in [0.15, 0.2) is 54.6 Å². The van der Waals surface area contributed by atoms with Crippen molar-refractivity contribution in [2.45, 2.75) is 19.3 Å². The van der Waals surface area contributed by atoms with Crippen LogP contribution >= 0.6 is 11.6 Å². The summed E-state index contributed by atoms with van der Waals surface area (Å²) in [6, 6.07) is 12.7. The minimum atomic E-state index is -4.66. The van der Waals surface area contributed by atoms with Gasteiger partial charge in [0.25, 0.3) is 0 Å². The minimum Gasteiger partial charge on any atom is -0.332 e. The number of urea groups is 1. The molecule has 0 bridgehead atoms. The van der Waals surface area contributed by atoms with Gasteiger partial charge >= 0.3 is 12.2 Å². The van der Waals surface area contributed by atoms with E-state index in [1.165, 1.54) is 6.07 Å². The number of aromatic nitrogens is 2. The second-order valence-electron chi connectivity index (χ2n) is 7.01. The Balaban J connectivity index is 1.68. The number of carbonyl (C=O) groups excluding carboxylic acids is 1. The molecule has 13 heteroatoms. The Kier molecular flexibility index (Phi) is 7.30. The lowest BCUT2D eigenvalue weighted by Crippen LogP contribution is -2.29. The number of amides is 2. The molecule has 0 aliphatic carbocycles. The fourth-order valence-electron chi connectivity index (χ4n) is 2.78. The third-order valence-corrected chi connectivity index (χ3v) is 5.21. The molecule has 0 saturated heterocycles. The molecule has 1 aromatic heterocycles. The first-order valence-electron chi connectivity index (χ1n) is 9.41. The first-order valence-corrected chi connectivity index (χ1v) is 11.7. The van der Waals surface area contributed by atoms with Crippen LogP contribution < -0.4 is 15.4 Å². The minimum absolute atomic E-state index is 0.0976. The first-order chi connectivity index (χ1) is 15.4. The molecule has 0 aliphatic heterocycles. The molecule has 0 aliphatic rings. The van der Waals surface area contributed by atoms with E-state index in [9.17, 15) is 26.4 Å². The number of rotatable bonds is 7. The van der Waals surface area contributed by atoms with Crippen molar-refractivity contribution in [3.05, 3.63) is 76.6 Å². The SMILES string of the molecule is CS(=O)(=O)NCc1ccc(NC(=O)NCc2cc(C(F)(F)F)nn2-c2cccc(Cl)c2)cc1. The van der Waals surface area contributed by atoms with E-state index in [0.29, 0.717) is 22.0 Å². The van der Waals surface area contributed by atoms with Crippen LogP contribution in [-0.2, 0) is 29.3 Å². The molecule has 0 spiro atoms. The molecule has 3 N–H and O–H groups in total. The molecule has 0 radical (unpaired) electrons. The van der Waals surface area contributed by atoms with Crippen molar-refractivity contribution in [3.63, 3.8) is 0 Å². The van der Waals surface area contributed by atoms with E-state index in [2.05, 4.69) is 20.5 Å². The molecule has 0 fully saturated rings. The molecule has 2 aromatic carbocycles. The predicted octanol–water partition coefficient (Wildman–Crippen LogP) is 3.92. The van der Waals surface area contributed by atoms with Gasteiger partial charge in [0.1, 0.15) is 0 Å². The van der Waals surface area contributed by atoms with E-state index in [1.807, 2.05) is 0 Å². The molecule has 1 heterocycles.